The van der Waals surface area contributed by atoms with Crippen molar-refractivity contribution in [1.29, 1.82) is 5.26 Å². The van der Waals surface area contributed by atoms with Crippen LogP contribution in [-0.2, 0) is 14.3 Å². The summed E-state index contributed by atoms with van der Waals surface area (Å²) >= 11 is 0. The average Bonchev–Trinajstić information content (AvgIpc) is 2.45. The van der Waals surface area contributed by atoms with E-state index in [9.17, 15) is 35.9 Å². The second kappa shape index (κ2) is 7.42. The first-order chi connectivity index (χ1) is 11.4. The van der Waals surface area contributed by atoms with E-state index in [0.29, 0.717) is 0 Å². The summed E-state index contributed by atoms with van der Waals surface area (Å²) in [5, 5.41) is 10.8. The second-order valence-electron chi connectivity index (χ2n) is 4.82. The summed E-state index contributed by atoms with van der Waals surface area (Å²) in [4.78, 5) is 23.2. The zero-order chi connectivity index (χ0) is 19.4. The van der Waals surface area contributed by atoms with Crippen LogP contribution in [0.3, 0.4) is 0 Å². The van der Waals surface area contributed by atoms with Crippen molar-refractivity contribution in [3.05, 3.63) is 29.8 Å². The van der Waals surface area contributed by atoms with Gasteiger partial charge in [-0.3, -0.25) is 9.59 Å². The van der Waals surface area contributed by atoms with Crippen LogP contribution in [0.2, 0.25) is 0 Å². The van der Waals surface area contributed by atoms with E-state index >= 15 is 0 Å². The number of alkyl halides is 6. The number of nitrogens with zero attached hydrogens (tertiary/aromatic N) is 1. The molecule has 1 aromatic carbocycles. The van der Waals surface area contributed by atoms with Crippen LogP contribution in [-0.4, -0.2) is 30.3 Å². The van der Waals surface area contributed by atoms with Gasteiger partial charge in [0, 0.05) is 5.69 Å². The Bertz CT molecular complexity index is 662. The Morgan fingerprint density at radius 3 is 1.96 bits per heavy atom. The molecule has 1 rings (SSSR count). The van der Waals surface area contributed by atoms with Crippen LogP contribution in [0.5, 0.6) is 0 Å². The fourth-order valence-corrected chi connectivity index (χ4v) is 1.57. The molecule has 25 heavy (non-hydrogen) atoms. The third-order valence-corrected chi connectivity index (χ3v) is 2.77. The highest BCUT2D eigenvalue weighted by atomic mass is 19.4. The van der Waals surface area contributed by atoms with Crippen LogP contribution in [0.1, 0.15) is 5.56 Å². The summed E-state index contributed by atoms with van der Waals surface area (Å²) in [7, 11) is 0. The van der Waals surface area contributed by atoms with Crippen molar-refractivity contribution in [3.63, 3.8) is 0 Å². The number of halogens is 6. The maximum absolute atomic E-state index is 12.3. The predicted molar refractivity (Wildman–Crippen MR) is 70.9 cm³/mol. The van der Waals surface area contributed by atoms with Crippen LogP contribution in [0.25, 0.3) is 0 Å². The smallest absolute Gasteiger partial charge is 0.434 e. The van der Waals surface area contributed by atoms with Crippen molar-refractivity contribution in [2.24, 2.45) is 5.92 Å². The molecular formula is C14H10F6N2O3. The number of amides is 1. The lowest BCUT2D eigenvalue weighted by molar-refractivity contribution is -0.313. The number of benzene rings is 1. The molecule has 1 unspecified atom stereocenters. The van der Waals surface area contributed by atoms with Gasteiger partial charge in [0.2, 0.25) is 5.92 Å². The molecule has 1 amide bonds. The number of esters is 1. The van der Waals surface area contributed by atoms with Crippen LogP contribution in [0, 0.1) is 24.2 Å². The number of nitriles is 1. The summed E-state index contributed by atoms with van der Waals surface area (Å²) in [6.45, 7) is 1.72. The Morgan fingerprint density at radius 2 is 1.56 bits per heavy atom. The van der Waals surface area contributed by atoms with Crippen LogP contribution in [0.15, 0.2) is 24.3 Å². The van der Waals surface area contributed by atoms with Gasteiger partial charge in [-0.2, -0.15) is 31.6 Å². The van der Waals surface area contributed by atoms with E-state index in [1.165, 1.54) is 12.1 Å². The van der Waals surface area contributed by atoms with Crippen molar-refractivity contribution in [2.75, 3.05) is 5.32 Å². The number of carbonyl (C=O) groups is 2. The maximum Gasteiger partial charge on any atom is 0.434 e. The molecule has 1 aromatic rings. The quantitative estimate of drug-likeness (QED) is 0.503. The highest BCUT2D eigenvalue weighted by Crippen LogP contribution is 2.36. The molecule has 1 N–H and O–H groups in total. The standard InChI is InChI=1S/C14H10F6N2O3/c1-7-2-4-8(5-3-7)22-10(23)9(6-21)11(24)25-12(13(15,16)17)14(18,19)20/h2-5,9,12H,1H3,(H,22,23). The van der Waals surface area contributed by atoms with Crippen molar-refractivity contribution in [2.45, 2.75) is 25.4 Å². The van der Waals surface area contributed by atoms with Gasteiger partial charge < -0.3 is 10.1 Å². The number of nitrogens with one attached hydrogen (secondary N) is 1. The minimum absolute atomic E-state index is 0.0897. The van der Waals surface area contributed by atoms with E-state index in [1.54, 1.807) is 19.1 Å². The van der Waals surface area contributed by atoms with Crippen LogP contribution < -0.4 is 5.32 Å². The normalized spacial score (nSPS) is 13.1. The Labute approximate surface area is 137 Å². The molecule has 0 saturated heterocycles. The topological polar surface area (TPSA) is 79.2 Å². The predicted octanol–water partition coefficient (Wildman–Crippen LogP) is 3.11. The Morgan fingerprint density at radius 1 is 1.08 bits per heavy atom. The second-order valence-corrected chi connectivity index (χ2v) is 4.82. The molecule has 0 aliphatic carbocycles. The SMILES string of the molecule is Cc1ccc(NC(=O)C(C#N)C(=O)OC(C(F)(F)F)C(F)(F)F)cc1. The summed E-state index contributed by atoms with van der Waals surface area (Å²) in [6, 6.07) is 6.83. The number of hydrogen-bond acceptors (Lipinski definition) is 4. The zero-order valence-electron chi connectivity index (χ0n) is 12.4. The van der Waals surface area contributed by atoms with Gasteiger partial charge in [-0.05, 0) is 19.1 Å². The first-order valence-electron chi connectivity index (χ1n) is 6.47. The molecule has 0 radical (unpaired) electrons. The van der Waals surface area contributed by atoms with Gasteiger partial charge in [0.25, 0.3) is 12.0 Å². The molecule has 0 bridgehead atoms. The van der Waals surface area contributed by atoms with Gasteiger partial charge >= 0.3 is 18.3 Å². The highest BCUT2D eigenvalue weighted by Gasteiger charge is 2.60. The molecule has 5 nitrogen and oxygen atoms in total. The fraction of sp³-hybridized carbons (Fsp3) is 0.357. The number of aryl methyl sites for hydroxylation is 1. The van der Waals surface area contributed by atoms with Crippen molar-refractivity contribution >= 4 is 17.6 Å². The summed E-state index contributed by atoms with van der Waals surface area (Å²) < 4.78 is 77.4. The van der Waals surface area contributed by atoms with Gasteiger partial charge in [-0.25, -0.2) is 0 Å². The van der Waals surface area contributed by atoms with Crippen LogP contribution >= 0.6 is 0 Å². The van der Waals surface area contributed by atoms with Crippen molar-refractivity contribution < 1.29 is 40.7 Å². The molecule has 1 atom stereocenters. The van der Waals surface area contributed by atoms with Gasteiger partial charge in [0.05, 0.1) is 6.07 Å². The molecule has 136 valence electrons. The number of anilines is 1. The lowest BCUT2D eigenvalue weighted by Gasteiger charge is -2.23. The van der Waals surface area contributed by atoms with Gasteiger partial charge in [0.1, 0.15) is 0 Å². The average molecular weight is 368 g/mol. The van der Waals surface area contributed by atoms with E-state index < -0.39 is 36.3 Å². The molecule has 0 heterocycles. The Hall–Kier alpha value is -2.77. The van der Waals surface area contributed by atoms with E-state index in [2.05, 4.69) is 4.74 Å². The van der Waals surface area contributed by atoms with Crippen molar-refractivity contribution in [3.8, 4) is 6.07 Å². The lowest BCUT2D eigenvalue weighted by Crippen LogP contribution is -2.47. The first kappa shape index (κ1) is 20.3. The summed E-state index contributed by atoms with van der Waals surface area (Å²) in [5.41, 5.74) is 0.888. The number of ether oxygens (including phenoxy) is 1. The Kier molecular flexibility index (Phi) is 6.01. The number of rotatable bonds is 4. The maximum atomic E-state index is 12.3. The van der Waals surface area contributed by atoms with E-state index in [1.807, 2.05) is 5.32 Å². The molecule has 0 spiro atoms. The van der Waals surface area contributed by atoms with Crippen LogP contribution in [0.4, 0.5) is 32.0 Å². The molecule has 0 aliphatic heterocycles. The third kappa shape index (κ3) is 5.66. The van der Waals surface area contributed by atoms with E-state index in [0.717, 1.165) is 11.6 Å². The van der Waals surface area contributed by atoms with Gasteiger partial charge in [-0.1, -0.05) is 17.7 Å². The molecular weight excluding hydrogens is 358 g/mol. The molecule has 0 saturated carbocycles. The van der Waals surface area contributed by atoms with Gasteiger partial charge in [0.15, 0.2) is 0 Å². The molecule has 11 heteroatoms. The third-order valence-electron chi connectivity index (χ3n) is 2.77. The number of hydrogen-bond donors (Lipinski definition) is 1. The monoisotopic (exact) mass is 368 g/mol. The van der Waals surface area contributed by atoms with E-state index in [4.69, 9.17) is 5.26 Å². The molecule has 0 aromatic heterocycles. The molecule has 0 fully saturated rings. The largest absolute Gasteiger partial charge is 0.441 e. The lowest BCUT2D eigenvalue weighted by atomic mass is 10.1. The molecule has 0 aliphatic rings. The zero-order valence-corrected chi connectivity index (χ0v) is 12.4. The summed E-state index contributed by atoms with van der Waals surface area (Å²) in [5.74, 6) is -6.18. The van der Waals surface area contributed by atoms with Gasteiger partial charge in [-0.15, -0.1) is 0 Å². The minimum Gasteiger partial charge on any atom is -0.441 e. The minimum atomic E-state index is -5.94. The fourth-order valence-electron chi connectivity index (χ4n) is 1.57. The highest BCUT2D eigenvalue weighted by molar-refractivity contribution is 6.07. The first-order valence-corrected chi connectivity index (χ1v) is 6.47. The summed E-state index contributed by atoms with van der Waals surface area (Å²) in [6.07, 6.45) is -16.3. The van der Waals surface area contributed by atoms with E-state index in [-0.39, 0.29) is 5.69 Å². The number of carbonyl (C=O) groups excluding carboxylic acids is 2. The Balaban J connectivity index is 2.91. The van der Waals surface area contributed by atoms with Crippen molar-refractivity contribution in [1.82, 2.24) is 0 Å².